The molecule has 402 valence electrons. The Kier molecular flexibility index (Phi) is 23.8. The predicted molar refractivity (Wildman–Crippen MR) is 273 cm³/mol. The summed E-state index contributed by atoms with van der Waals surface area (Å²) in [4.78, 5) is 72.4. The minimum atomic E-state index is -2.81. The van der Waals surface area contributed by atoms with Crippen molar-refractivity contribution in [2.45, 2.75) is 194 Å². The molecule has 2 unspecified atom stereocenters. The number of ketones is 3. The van der Waals surface area contributed by atoms with Crippen molar-refractivity contribution in [3.63, 3.8) is 0 Å². The number of methoxy groups -OCH3 is 3. The van der Waals surface area contributed by atoms with Gasteiger partial charge in [0, 0.05) is 70.8 Å². The molecule has 0 spiro atoms. The van der Waals surface area contributed by atoms with Crippen molar-refractivity contribution in [1.82, 2.24) is 4.90 Å². The molecule has 0 radical (unpaired) electrons. The van der Waals surface area contributed by atoms with Gasteiger partial charge in [-0.2, -0.15) is 0 Å². The number of amides is 1. The van der Waals surface area contributed by atoms with Crippen molar-refractivity contribution in [1.29, 1.82) is 0 Å². The molecule has 2 N–H and O–H groups in total. The van der Waals surface area contributed by atoms with Gasteiger partial charge >= 0.3 is 5.97 Å². The van der Waals surface area contributed by atoms with E-state index in [9.17, 15) is 38.8 Å². The lowest BCUT2D eigenvalue weighted by molar-refractivity contribution is -0.265. The number of hydrogen-bond donors (Lipinski definition) is 2. The molecule has 0 aromatic heterocycles. The molecular formula is C55H88NO14P. The zero-order chi connectivity index (χ0) is 52.8. The first-order chi connectivity index (χ1) is 33.6. The maximum absolute atomic E-state index is 14.5. The lowest BCUT2D eigenvalue weighted by Crippen LogP contribution is -2.61. The highest BCUT2D eigenvalue weighted by molar-refractivity contribution is 7.58. The zero-order valence-corrected chi connectivity index (χ0v) is 45.7. The topological polar surface area (TPSA) is 201 Å². The second-order valence-corrected chi connectivity index (χ2v) is 24.2. The first-order valence-electron chi connectivity index (χ1n) is 26.3. The van der Waals surface area contributed by atoms with Gasteiger partial charge in [0.25, 0.3) is 11.7 Å². The van der Waals surface area contributed by atoms with Gasteiger partial charge in [-0.3, -0.25) is 23.7 Å². The smallest absolute Gasteiger partial charge is 0.329 e. The molecule has 15 nitrogen and oxygen atoms in total. The third kappa shape index (κ3) is 16.2. The lowest BCUT2D eigenvalue weighted by Gasteiger charge is -2.42. The summed E-state index contributed by atoms with van der Waals surface area (Å²) in [5, 5.41) is 23.5. The number of hydrogen-bond acceptors (Lipinski definition) is 14. The summed E-state index contributed by atoms with van der Waals surface area (Å²) in [6, 6.07) is -1.16. The van der Waals surface area contributed by atoms with E-state index in [-0.39, 0.29) is 60.9 Å². The molecule has 4 aliphatic rings. The number of carbonyl (C=O) groups excluding carboxylic acids is 5. The fraction of sp³-hybridized carbons (Fsp3) is 0.764. The number of aliphatic hydroxyl groups excluding tert-OH is 1. The highest BCUT2D eigenvalue weighted by atomic mass is 31.2. The van der Waals surface area contributed by atoms with Crippen molar-refractivity contribution in [2.75, 3.05) is 40.2 Å². The maximum atomic E-state index is 14.5. The van der Waals surface area contributed by atoms with E-state index < -0.39 is 85.1 Å². The molecule has 71 heavy (non-hydrogen) atoms. The molecular weight excluding hydrogens is 930 g/mol. The Bertz CT molecular complexity index is 1970. The first-order valence-corrected chi connectivity index (χ1v) is 28.3. The monoisotopic (exact) mass is 1020 g/mol. The summed E-state index contributed by atoms with van der Waals surface area (Å²) < 4.78 is 49.4. The summed E-state index contributed by atoms with van der Waals surface area (Å²) in [5.41, 5.74) is 1.26. The number of fused-ring (bicyclic) bond motifs is 3. The number of cyclic esters (lactones) is 1. The molecule has 3 aliphatic heterocycles. The molecule has 3 heterocycles. The fourth-order valence-electron chi connectivity index (χ4n) is 10.8. The van der Waals surface area contributed by atoms with Gasteiger partial charge in [-0.05, 0) is 107 Å². The van der Waals surface area contributed by atoms with Gasteiger partial charge in [0.05, 0.1) is 24.4 Å². The van der Waals surface area contributed by atoms with E-state index in [4.69, 9.17) is 28.2 Å². The van der Waals surface area contributed by atoms with Gasteiger partial charge in [0.2, 0.25) is 13.2 Å². The molecule has 1 saturated carbocycles. The Morgan fingerprint density at radius 3 is 2.20 bits per heavy atom. The van der Waals surface area contributed by atoms with Crippen LogP contribution in [0.4, 0.5) is 0 Å². The number of rotatable bonds is 10. The highest BCUT2D eigenvalue weighted by Gasteiger charge is 2.53. The van der Waals surface area contributed by atoms with E-state index in [1.54, 1.807) is 41.1 Å². The normalized spacial score (nSPS) is 38.3. The molecule has 16 heteroatoms. The minimum Gasteiger partial charge on any atom is -0.460 e. The summed E-state index contributed by atoms with van der Waals surface area (Å²) in [5.74, 6) is -8.10. The third-order valence-corrected chi connectivity index (χ3v) is 18.3. The van der Waals surface area contributed by atoms with Crippen molar-refractivity contribution < 1.29 is 67.0 Å². The van der Waals surface area contributed by atoms with Crippen LogP contribution in [0, 0.1) is 35.5 Å². The molecule has 3 fully saturated rings. The molecule has 0 aromatic carbocycles. The van der Waals surface area contributed by atoms with Gasteiger partial charge in [0.15, 0.2) is 5.78 Å². The number of nitrogens with zero attached hydrogens (tertiary/aromatic N) is 1. The summed E-state index contributed by atoms with van der Waals surface area (Å²) in [6.45, 7) is 16.5. The van der Waals surface area contributed by atoms with Crippen LogP contribution in [0.15, 0.2) is 47.6 Å². The number of ether oxygens (including phenoxy) is 5. The van der Waals surface area contributed by atoms with Crippen molar-refractivity contribution >= 4 is 36.6 Å². The average molecular weight is 1020 g/mol. The van der Waals surface area contributed by atoms with E-state index in [2.05, 4.69) is 0 Å². The zero-order valence-electron chi connectivity index (χ0n) is 44.8. The highest BCUT2D eigenvalue weighted by Crippen LogP contribution is 2.50. The van der Waals surface area contributed by atoms with Crippen LogP contribution in [0.1, 0.15) is 139 Å². The maximum Gasteiger partial charge on any atom is 0.329 e. The van der Waals surface area contributed by atoms with E-state index >= 15 is 0 Å². The van der Waals surface area contributed by atoms with Crippen LogP contribution in [-0.2, 0) is 56.7 Å². The second kappa shape index (κ2) is 28.0. The molecule has 2 bridgehead atoms. The molecule has 1 amide bonds. The van der Waals surface area contributed by atoms with Crippen molar-refractivity contribution in [3.05, 3.63) is 47.6 Å². The Morgan fingerprint density at radius 1 is 0.845 bits per heavy atom. The fourth-order valence-corrected chi connectivity index (χ4v) is 12.3. The van der Waals surface area contributed by atoms with Crippen LogP contribution < -0.4 is 0 Å². The molecule has 1 aliphatic carbocycles. The van der Waals surface area contributed by atoms with Crippen LogP contribution in [-0.4, -0.2) is 139 Å². The Morgan fingerprint density at radius 2 is 1.55 bits per heavy atom. The van der Waals surface area contributed by atoms with Crippen LogP contribution >= 0.6 is 7.37 Å². The number of carbonyl (C=O) groups is 5. The van der Waals surface area contributed by atoms with Gasteiger partial charge in [-0.25, -0.2) is 4.79 Å². The number of aliphatic hydroxyl groups is 2. The Balaban J connectivity index is 1.70. The first kappa shape index (κ1) is 60.4. The predicted octanol–water partition coefficient (Wildman–Crippen LogP) is 8.52. The number of Topliss-reactive ketones (excluding diaryl/α,β-unsaturated/α-hetero) is 3. The van der Waals surface area contributed by atoms with Crippen LogP contribution in [0.2, 0.25) is 0 Å². The molecule has 15 atom stereocenters. The summed E-state index contributed by atoms with van der Waals surface area (Å²) in [6.07, 6.45) is 12.3. The van der Waals surface area contributed by atoms with Crippen molar-refractivity contribution in [3.8, 4) is 0 Å². The van der Waals surface area contributed by atoms with Gasteiger partial charge in [-0.1, -0.05) is 84.9 Å². The Labute approximate surface area is 424 Å². The average Bonchev–Trinajstić information content (AvgIpc) is 3.35. The summed E-state index contributed by atoms with van der Waals surface area (Å²) >= 11 is 0. The molecule has 0 aromatic rings. The number of allylic oxidation sites excluding steroid dienone is 6. The second-order valence-electron chi connectivity index (χ2n) is 21.1. The van der Waals surface area contributed by atoms with E-state index in [0.29, 0.717) is 75.7 Å². The van der Waals surface area contributed by atoms with Gasteiger partial charge in [0.1, 0.15) is 30.1 Å². The van der Waals surface area contributed by atoms with Crippen LogP contribution in [0.5, 0.6) is 0 Å². The van der Waals surface area contributed by atoms with E-state index in [1.165, 1.54) is 12.0 Å². The lowest BCUT2D eigenvalue weighted by atomic mass is 9.78. The molecule has 4 rings (SSSR count). The third-order valence-electron chi connectivity index (χ3n) is 15.7. The van der Waals surface area contributed by atoms with Gasteiger partial charge in [-0.15, -0.1) is 0 Å². The quantitative estimate of drug-likeness (QED) is 0.0913. The number of esters is 1. The largest absolute Gasteiger partial charge is 0.460 e. The summed E-state index contributed by atoms with van der Waals surface area (Å²) in [7, 11) is 1.77. The van der Waals surface area contributed by atoms with Crippen LogP contribution in [0.3, 0.4) is 0 Å². The van der Waals surface area contributed by atoms with E-state index in [0.717, 1.165) is 12.0 Å². The SMILES string of the molecule is CCP(=O)(CC)O[C@@H]1CC[C@@H](C[C@@H](C)[C@@H]2CC(=O)[C@H](C)/C=C(\C)[C@@H](O)[C@@H](OC)C(=O)[C@H](C)C[C@H](C)/C=C/C=C/C=C(\C)[C@@H](OC)C[C@@H]3CC[C@@H](C)C(O)(O3)C(=O)C(=O)N3CCCCC3C(=O)O2)C[C@H]1OC. The Hall–Kier alpha value is -3.14. The standard InChI is InChI=1S/C55H88NO14P/c1-13-71(64,14-2)70-45-26-24-41(31-48(45)66-11)30-37(6)47-33-44(57)36(5)29-39(8)50(59)51(67-12)49(58)38(7)28-34(3)20-16-15-17-21-35(4)46(65-10)32-42-25-23-40(9)55(63,69-42)52(60)53(61)56-27-19-18-22-43(56)54(62)68-47/h15-17,20-21,29,34,36-38,40-43,45-48,50-51,59,63H,13-14,18-19,22-28,30-33H2,1-12H3/b17-15+,20-16+,35-21+,39-29+/t34-,36-,37-,38-,40-,41+,42+,43?,45-,46+,47+,48-,50-,51+,55?/m1/s1. The van der Waals surface area contributed by atoms with Gasteiger partial charge < -0.3 is 43.3 Å². The van der Waals surface area contributed by atoms with Crippen LogP contribution in [0.25, 0.3) is 0 Å². The van der Waals surface area contributed by atoms with Crippen molar-refractivity contribution in [2.24, 2.45) is 35.5 Å². The molecule has 2 saturated heterocycles. The number of piperidine rings is 1. The minimum absolute atomic E-state index is 0.0112. The van der Waals surface area contributed by atoms with E-state index in [1.807, 2.05) is 71.9 Å².